The average Bonchev–Trinajstić information content (AvgIpc) is 1.65. The second-order valence-corrected chi connectivity index (χ2v) is 34.3. The van der Waals surface area contributed by atoms with Gasteiger partial charge in [0.1, 0.15) is 40.1 Å². The molecule has 12 rings (SSSR count). The number of aromatic amines is 3. The highest BCUT2D eigenvalue weighted by molar-refractivity contribution is 7.90. The van der Waals surface area contributed by atoms with E-state index in [9.17, 15) is 54.0 Å². The lowest BCUT2D eigenvalue weighted by Gasteiger charge is -2.11. The smallest absolute Gasteiger partial charge is 0.287 e. The third-order valence-electron chi connectivity index (χ3n) is 18.5. The Hall–Kier alpha value is -11.4. The fourth-order valence-electron chi connectivity index (χ4n) is 12.8. The summed E-state index contributed by atoms with van der Waals surface area (Å²) in [5.41, 5.74) is 11.3. The number of amides is 6. The van der Waals surface area contributed by atoms with Crippen LogP contribution < -0.4 is 44.3 Å². The molecule has 27 nitrogen and oxygen atoms in total. The van der Waals surface area contributed by atoms with Crippen LogP contribution in [0.15, 0.2) is 167 Å². The van der Waals surface area contributed by atoms with Gasteiger partial charge in [-0.25, -0.2) is 39.4 Å². The van der Waals surface area contributed by atoms with Crippen molar-refractivity contribution < 1.29 is 77.1 Å². The molecule has 0 bridgehead atoms. The van der Waals surface area contributed by atoms with Crippen molar-refractivity contribution >= 4 is 133 Å². The number of benzene rings is 6. The quantitative estimate of drug-likeness (QED) is 0.0173. The molecule has 6 aromatic carbocycles. The lowest BCUT2D eigenvalue weighted by molar-refractivity contribution is 0.0919. The Morgan fingerprint density at radius 1 is 0.410 bits per heavy atom. The van der Waals surface area contributed by atoms with Crippen molar-refractivity contribution in [1.82, 2.24) is 50.1 Å². The molecule has 9 N–H and O–H groups in total. The maximum Gasteiger partial charge on any atom is 0.287 e. The first-order valence-electron chi connectivity index (χ1n) is 37.2. The van der Waals surface area contributed by atoms with Gasteiger partial charge in [-0.15, -0.1) is 0 Å². The summed E-state index contributed by atoms with van der Waals surface area (Å²) in [6.07, 6.45) is 7.52. The Balaban J connectivity index is 0.000000185. The standard InChI is InChI=1S/C28H29ClN4O5S.2C28H30ClN3O6S/c1-18-15-21(16-19(2)25(18)29)38-13-6-9-23-22-8-3-4-10-24(22)32-26(23)28(35)33-39(36,37)14-12-31-27(34)20-7-5-11-30-17-20;1-17-10-13-38-26(17)28(34)30-11-14-39(35,36)32-27(33)25-22(21-7-4-5-9-23(21)31-25)8-6-12-37-20-15-18(2)24(29)19(3)16-20;1-17-15-20(16-18(2)25(17)29)37-13-6-8-22-21-7-4-5-9-23(21)31-26(22)28(34)32-39(35,36)14-12-30-27(33)24-11-10-19(3)38-24/h3-5,7-8,10-11,15-17,32H,6,9,12-14H2,1-2H3,(H,31,34)(H,33,35);4-5,7,9-10,13,15-16,31H,6,8,11-12,14H2,1-3H3,(H,30,34)(H,32,33);4-5,7,9-11,15-16,31H,6,8,12-14H2,1-3H3,(H,30,33)(H,32,34). The fourth-order valence-corrected chi connectivity index (χ4v) is 15.7. The summed E-state index contributed by atoms with van der Waals surface area (Å²) < 4.78 is 110. The molecule has 33 heteroatoms. The van der Waals surface area contributed by atoms with Crippen LogP contribution in [0.1, 0.15) is 144 Å². The Morgan fingerprint density at radius 2 is 0.761 bits per heavy atom. The van der Waals surface area contributed by atoms with E-state index in [0.717, 1.165) is 66.1 Å². The van der Waals surface area contributed by atoms with Gasteiger partial charge in [-0.3, -0.25) is 33.8 Å². The number of hydrogen-bond donors (Lipinski definition) is 9. The lowest BCUT2D eigenvalue weighted by Crippen LogP contribution is -2.37. The molecule has 0 atom stereocenters. The first kappa shape index (κ1) is 88.0. The second-order valence-electron chi connectivity index (χ2n) is 27.6. The molecule has 12 aromatic rings. The number of aromatic nitrogens is 4. The summed E-state index contributed by atoms with van der Waals surface area (Å²) in [5.74, 6) is -2.31. The van der Waals surface area contributed by atoms with Gasteiger partial charge in [0.2, 0.25) is 30.1 Å². The maximum atomic E-state index is 13.1. The largest absolute Gasteiger partial charge is 0.494 e. The monoisotopic (exact) mass is 1710 g/mol. The van der Waals surface area contributed by atoms with E-state index in [-0.39, 0.29) is 48.2 Å². The van der Waals surface area contributed by atoms with Crippen LogP contribution in [-0.4, -0.2) is 137 Å². The Labute approximate surface area is 692 Å². The minimum atomic E-state index is -4.03. The predicted octanol–water partition coefficient (Wildman–Crippen LogP) is 14.0. The van der Waals surface area contributed by atoms with Crippen LogP contribution in [-0.2, 0) is 49.3 Å². The molecule has 0 aliphatic rings. The van der Waals surface area contributed by atoms with Gasteiger partial charge in [0.25, 0.3) is 35.4 Å². The van der Waals surface area contributed by atoms with Crippen LogP contribution in [0.25, 0.3) is 32.7 Å². The molecule has 0 fully saturated rings. The average molecular weight is 1710 g/mol. The number of nitrogens with one attached hydrogen (secondary N) is 9. The van der Waals surface area contributed by atoms with Gasteiger partial charge >= 0.3 is 0 Å². The Morgan fingerprint density at radius 3 is 1.09 bits per heavy atom. The number of fused-ring (bicyclic) bond motifs is 3. The fraction of sp³-hybridized carbons (Fsp3) is 0.274. The van der Waals surface area contributed by atoms with Crippen LogP contribution in [0.4, 0.5) is 0 Å². The second kappa shape index (κ2) is 40.0. The Bertz CT molecular complexity index is 5930. The number of furan rings is 2. The van der Waals surface area contributed by atoms with Crippen LogP contribution in [0, 0.1) is 55.4 Å². The molecule has 616 valence electrons. The summed E-state index contributed by atoms with van der Waals surface area (Å²) in [7, 11) is -12.1. The molecular formula is C84H89Cl3N10O17S3. The number of ether oxygens (including phenoxy) is 3. The zero-order valence-corrected chi connectivity index (χ0v) is 70.1. The highest BCUT2D eigenvalue weighted by atomic mass is 35.5. The minimum Gasteiger partial charge on any atom is -0.494 e. The zero-order chi connectivity index (χ0) is 84.3. The number of nitrogens with zero attached hydrogens (tertiary/aromatic N) is 1. The maximum absolute atomic E-state index is 13.1. The summed E-state index contributed by atoms with van der Waals surface area (Å²) in [4.78, 5) is 88.6. The summed E-state index contributed by atoms with van der Waals surface area (Å²) in [6, 6.07) is 41.4. The van der Waals surface area contributed by atoms with E-state index in [1.165, 1.54) is 24.7 Å². The van der Waals surface area contributed by atoms with Crippen molar-refractivity contribution in [2.75, 3.05) is 56.7 Å². The number of carbonyl (C=O) groups is 6. The Kier molecular flexibility index (Phi) is 30.0. The summed E-state index contributed by atoms with van der Waals surface area (Å²) in [6.45, 7) is 15.6. The first-order valence-corrected chi connectivity index (χ1v) is 43.3. The number of carbonyl (C=O) groups excluding carboxylic acids is 6. The van der Waals surface area contributed by atoms with Crippen molar-refractivity contribution in [3.63, 3.8) is 0 Å². The van der Waals surface area contributed by atoms with E-state index in [4.69, 9.17) is 57.8 Å². The van der Waals surface area contributed by atoms with Crippen molar-refractivity contribution in [3.8, 4) is 17.2 Å². The zero-order valence-electron chi connectivity index (χ0n) is 65.4. The van der Waals surface area contributed by atoms with E-state index >= 15 is 0 Å². The van der Waals surface area contributed by atoms with Gasteiger partial charge in [0.05, 0.1) is 48.9 Å². The van der Waals surface area contributed by atoms with Crippen molar-refractivity contribution in [3.05, 3.63) is 269 Å². The van der Waals surface area contributed by atoms with E-state index in [0.29, 0.717) is 124 Å². The number of halogens is 3. The van der Waals surface area contributed by atoms with Gasteiger partial charge in [-0.2, -0.15) is 0 Å². The highest BCUT2D eigenvalue weighted by Crippen LogP contribution is 2.32. The summed E-state index contributed by atoms with van der Waals surface area (Å²) >= 11 is 18.7. The molecule has 0 aliphatic carbocycles. The molecule has 0 unspecified atom stereocenters. The third-order valence-corrected chi connectivity index (χ3v) is 24.0. The number of para-hydroxylation sites is 3. The molecule has 6 aromatic heterocycles. The van der Waals surface area contributed by atoms with Crippen LogP contribution >= 0.6 is 34.8 Å². The number of pyridine rings is 1. The molecular weight excluding hydrogens is 1620 g/mol. The van der Waals surface area contributed by atoms with Gasteiger partial charge in [0, 0.05) is 85.4 Å². The van der Waals surface area contributed by atoms with Gasteiger partial charge < -0.3 is 53.9 Å². The molecule has 0 saturated carbocycles. The number of aryl methyl sites for hydroxylation is 11. The third kappa shape index (κ3) is 24.1. The van der Waals surface area contributed by atoms with Crippen molar-refractivity contribution in [2.45, 2.75) is 93.9 Å². The van der Waals surface area contributed by atoms with Crippen molar-refractivity contribution in [2.24, 2.45) is 0 Å². The van der Waals surface area contributed by atoms with E-state index in [2.05, 4.69) is 50.1 Å². The number of sulfonamides is 3. The lowest BCUT2D eigenvalue weighted by atomic mass is 10.1. The first-order chi connectivity index (χ1) is 55.7. The minimum absolute atomic E-state index is 0.0852. The summed E-state index contributed by atoms with van der Waals surface area (Å²) in [5, 5.41) is 12.1. The molecule has 0 spiro atoms. The van der Waals surface area contributed by atoms with E-state index in [1.54, 1.807) is 38.1 Å². The van der Waals surface area contributed by atoms with E-state index in [1.807, 2.05) is 151 Å². The van der Waals surface area contributed by atoms with E-state index < -0.39 is 82.8 Å². The number of rotatable bonds is 33. The molecule has 117 heavy (non-hydrogen) atoms. The SMILES string of the molecule is Cc1cc(OCCCc2c(C(=O)NS(=O)(=O)CCNC(=O)c3cccnc3)[nH]c3ccccc23)cc(C)c1Cl.Cc1ccc(C(=O)NCCS(=O)(=O)NC(=O)c2[nH]c3ccccc3c2CCCOc2cc(C)c(Cl)c(C)c2)o1.Cc1ccoc1C(=O)NCCS(=O)(=O)NC(=O)c1[nH]c2ccccc2c1CCCOc1cc(C)c(Cl)c(C)c1. The normalized spacial score (nSPS) is 11.4. The number of H-pyrrole nitrogens is 3. The molecule has 0 aliphatic heterocycles. The van der Waals surface area contributed by atoms with Gasteiger partial charge in [-0.05, 0) is 229 Å². The van der Waals surface area contributed by atoms with Gasteiger partial charge in [0.15, 0.2) is 11.5 Å². The van der Waals surface area contributed by atoms with Crippen LogP contribution in [0.2, 0.25) is 15.1 Å². The molecule has 6 amide bonds. The molecule has 0 saturated heterocycles. The van der Waals surface area contributed by atoms with Crippen LogP contribution in [0.5, 0.6) is 17.2 Å². The van der Waals surface area contributed by atoms with Crippen molar-refractivity contribution in [1.29, 1.82) is 0 Å². The predicted molar refractivity (Wildman–Crippen MR) is 451 cm³/mol. The van der Waals surface area contributed by atoms with Crippen LogP contribution in [0.3, 0.4) is 0 Å². The highest BCUT2D eigenvalue weighted by Gasteiger charge is 2.27. The van der Waals surface area contributed by atoms with Gasteiger partial charge in [-0.1, -0.05) is 89.4 Å². The molecule has 0 radical (unpaired) electrons. The topological polar surface area (TPSA) is 391 Å². The number of hydrogen-bond acceptors (Lipinski definition) is 18. The molecule has 6 heterocycles.